The van der Waals surface area contributed by atoms with E-state index in [2.05, 4.69) is 5.10 Å². The first-order valence-electron chi connectivity index (χ1n) is 3.86. The molecule has 0 fully saturated rings. The molecule has 76 valence electrons. The number of carboxylic acids is 1. The number of hydrogen-bond donors (Lipinski definition) is 1. The summed E-state index contributed by atoms with van der Waals surface area (Å²) in [6.07, 6.45) is 1.12. The zero-order valence-corrected chi connectivity index (χ0v) is 7.67. The minimum atomic E-state index is -1.08. The monoisotopic (exact) mass is 199 g/mol. The first kappa shape index (κ1) is 10.2. The van der Waals surface area contributed by atoms with Gasteiger partial charge in [0.2, 0.25) is 0 Å². The number of nitro groups is 1. The molecule has 7 nitrogen and oxygen atoms in total. The molecule has 0 amide bonds. The van der Waals surface area contributed by atoms with Crippen molar-refractivity contribution in [3.8, 4) is 0 Å². The normalized spacial score (nSPS) is 12.4. The lowest BCUT2D eigenvalue weighted by Crippen LogP contribution is -2.15. The molecule has 1 heterocycles. The number of carboxylic acid groups (broad SMARTS) is 1. The lowest BCUT2D eigenvalue weighted by Gasteiger charge is -2.04. The van der Waals surface area contributed by atoms with Crippen molar-refractivity contribution in [2.24, 2.45) is 0 Å². The van der Waals surface area contributed by atoms with Crippen LogP contribution < -0.4 is 0 Å². The van der Waals surface area contributed by atoms with Crippen LogP contribution in [0, 0.1) is 17.0 Å². The second-order valence-corrected chi connectivity index (χ2v) is 2.85. The van der Waals surface area contributed by atoms with Crippen LogP contribution in [0.2, 0.25) is 0 Å². The Balaban J connectivity index is 3.08. The van der Waals surface area contributed by atoms with Crippen LogP contribution in [0.15, 0.2) is 6.20 Å². The van der Waals surface area contributed by atoms with Gasteiger partial charge in [-0.05, 0) is 13.8 Å². The first-order chi connectivity index (χ1) is 6.43. The SMILES string of the molecule is Cc1nn([C@H](C)C(=O)O)cc1[N+](=O)[O-]. The Morgan fingerprint density at radius 3 is 2.71 bits per heavy atom. The molecule has 1 atom stereocenters. The van der Waals surface area contributed by atoms with Crippen molar-refractivity contribution >= 4 is 11.7 Å². The summed E-state index contributed by atoms with van der Waals surface area (Å²) >= 11 is 0. The number of aryl methyl sites for hydroxylation is 1. The third-order valence-corrected chi connectivity index (χ3v) is 1.84. The highest BCUT2D eigenvalue weighted by molar-refractivity contribution is 5.71. The maximum Gasteiger partial charge on any atom is 0.328 e. The summed E-state index contributed by atoms with van der Waals surface area (Å²) in [5.41, 5.74) is 0.0428. The molecule has 0 radical (unpaired) electrons. The van der Waals surface area contributed by atoms with E-state index in [1.807, 2.05) is 0 Å². The van der Waals surface area contributed by atoms with Gasteiger partial charge in [0.15, 0.2) is 0 Å². The van der Waals surface area contributed by atoms with E-state index in [1.54, 1.807) is 0 Å². The predicted molar refractivity (Wildman–Crippen MR) is 46.0 cm³/mol. The summed E-state index contributed by atoms with van der Waals surface area (Å²) in [5.74, 6) is -1.08. The highest BCUT2D eigenvalue weighted by Crippen LogP contribution is 2.17. The van der Waals surface area contributed by atoms with Crippen LogP contribution in [0.1, 0.15) is 18.7 Å². The van der Waals surface area contributed by atoms with Crippen molar-refractivity contribution in [3.05, 3.63) is 22.0 Å². The maximum atomic E-state index is 10.6. The summed E-state index contributed by atoms with van der Waals surface area (Å²) in [5, 5.41) is 22.8. The van der Waals surface area contributed by atoms with Crippen LogP contribution in [0.4, 0.5) is 5.69 Å². The number of nitrogens with zero attached hydrogens (tertiary/aromatic N) is 3. The third-order valence-electron chi connectivity index (χ3n) is 1.84. The predicted octanol–water partition coefficient (Wildman–Crippen LogP) is 0.745. The molecular formula is C7H9N3O4. The molecule has 0 spiro atoms. The molecule has 0 aliphatic carbocycles. The Bertz CT molecular complexity index is 384. The van der Waals surface area contributed by atoms with Crippen molar-refractivity contribution in [1.82, 2.24) is 9.78 Å². The zero-order chi connectivity index (χ0) is 10.9. The number of carbonyl (C=O) groups is 1. The largest absolute Gasteiger partial charge is 0.480 e. The van der Waals surface area contributed by atoms with Crippen LogP contribution >= 0.6 is 0 Å². The average Bonchev–Trinajstić information content (AvgIpc) is 2.45. The van der Waals surface area contributed by atoms with E-state index in [0.717, 1.165) is 10.9 Å². The molecule has 1 N–H and O–H groups in total. The fourth-order valence-electron chi connectivity index (χ4n) is 0.963. The minimum absolute atomic E-state index is 0.168. The van der Waals surface area contributed by atoms with Gasteiger partial charge in [0.05, 0.1) is 4.92 Å². The Kier molecular flexibility index (Phi) is 2.50. The third kappa shape index (κ3) is 1.70. The number of hydrogen-bond acceptors (Lipinski definition) is 4. The van der Waals surface area contributed by atoms with E-state index in [-0.39, 0.29) is 11.4 Å². The molecule has 7 heteroatoms. The molecule has 14 heavy (non-hydrogen) atoms. The van der Waals surface area contributed by atoms with Crippen LogP contribution in [-0.4, -0.2) is 25.8 Å². The Morgan fingerprint density at radius 1 is 1.79 bits per heavy atom. The molecule has 0 saturated heterocycles. The van der Waals surface area contributed by atoms with Gasteiger partial charge in [0.1, 0.15) is 17.9 Å². The van der Waals surface area contributed by atoms with Gasteiger partial charge >= 0.3 is 11.7 Å². The van der Waals surface area contributed by atoms with E-state index < -0.39 is 16.9 Å². The fraction of sp³-hybridized carbons (Fsp3) is 0.429. The topological polar surface area (TPSA) is 98.3 Å². The molecule has 1 rings (SSSR count). The summed E-state index contributed by atoms with van der Waals surface area (Å²) in [7, 11) is 0. The van der Waals surface area contributed by atoms with Gasteiger partial charge in [0, 0.05) is 0 Å². The summed E-state index contributed by atoms with van der Waals surface area (Å²) in [4.78, 5) is 20.4. The molecule has 0 aliphatic rings. The van der Waals surface area contributed by atoms with E-state index >= 15 is 0 Å². The number of aliphatic carboxylic acids is 1. The van der Waals surface area contributed by atoms with Crippen molar-refractivity contribution in [3.63, 3.8) is 0 Å². The smallest absolute Gasteiger partial charge is 0.328 e. The van der Waals surface area contributed by atoms with E-state index in [1.165, 1.54) is 13.8 Å². The van der Waals surface area contributed by atoms with Gasteiger partial charge < -0.3 is 5.11 Å². The van der Waals surface area contributed by atoms with Crippen molar-refractivity contribution in [2.45, 2.75) is 19.9 Å². The average molecular weight is 199 g/mol. The Morgan fingerprint density at radius 2 is 2.36 bits per heavy atom. The van der Waals surface area contributed by atoms with Gasteiger partial charge in [0.25, 0.3) is 0 Å². The lowest BCUT2D eigenvalue weighted by atomic mass is 10.3. The highest BCUT2D eigenvalue weighted by Gasteiger charge is 2.21. The molecule has 0 unspecified atom stereocenters. The summed E-state index contributed by atoms with van der Waals surface area (Å²) in [6, 6.07) is -0.901. The van der Waals surface area contributed by atoms with Gasteiger partial charge in [-0.2, -0.15) is 5.10 Å². The van der Waals surface area contributed by atoms with Crippen molar-refractivity contribution in [2.75, 3.05) is 0 Å². The number of aromatic nitrogens is 2. The molecule has 0 aromatic carbocycles. The standard InChI is InChI=1S/C7H9N3O4/c1-4-6(10(13)14)3-9(8-4)5(2)7(11)12/h3,5H,1-2H3,(H,11,12)/t5-/m1/s1. The second kappa shape index (κ2) is 3.44. The molecule has 0 aliphatic heterocycles. The first-order valence-corrected chi connectivity index (χ1v) is 3.86. The highest BCUT2D eigenvalue weighted by atomic mass is 16.6. The minimum Gasteiger partial charge on any atom is -0.480 e. The van der Waals surface area contributed by atoms with Gasteiger partial charge in [-0.25, -0.2) is 4.79 Å². The van der Waals surface area contributed by atoms with Crippen LogP contribution in [0.25, 0.3) is 0 Å². The van der Waals surface area contributed by atoms with Crippen LogP contribution in [-0.2, 0) is 4.79 Å². The van der Waals surface area contributed by atoms with E-state index in [4.69, 9.17) is 5.11 Å². The molecular weight excluding hydrogens is 190 g/mol. The molecule has 0 bridgehead atoms. The van der Waals surface area contributed by atoms with Gasteiger partial charge in [-0.15, -0.1) is 0 Å². The van der Waals surface area contributed by atoms with Crippen LogP contribution in [0.5, 0.6) is 0 Å². The Labute approximate surface area is 79.1 Å². The summed E-state index contributed by atoms with van der Waals surface area (Å²) in [6.45, 7) is 2.86. The van der Waals surface area contributed by atoms with Crippen molar-refractivity contribution < 1.29 is 14.8 Å². The van der Waals surface area contributed by atoms with Gasteiger partial charge in [-0.3, -0.25) is 14.8 Å². The van der Waals surface area contributed by atoms with Gasteiger partial charge in [-0.1, -0.05) is 0 Å². The van der Waals surface area contributed by atoms with E-state index in [9.17, 15) is 14.9 Å². The maximum absolute atomic E-state index is 10.6. The molecule has 0 saturated carbocycles. The molecule has 1 aromatic rings. The van der Waals surface area contributed by atoms with Crippen LogP contribution in [0.3, 0.4) is 0 Å². The zero-order valence-electron chi connectivity index (χ0n) is 7.67. The summed E-state index contributed by atoms with van der Waals surface area (Å²) < 4.78 is 1.07. The van der Waals surface area contributed by atoms with Crippen molar-refractivity contribution in [1.29, 1.82) is 0 Å². The van der Waals surface area contributed by atoms with E-state index in [0.29, 0.717) is 0 Å². The lowest BCUT2D eigenvalue weighted by molar-refractivity contribution is -0.385. The Hall–Kier alpha value is -1.92. The quantitative estimate of drug-likeness (QED) is 0.571. The second-order valence-electron chi connectivity index (χ2n) is 2.85. The molecule has 1 aromatic heterocycles. The fourth-order valence-corrected chi connectivity index (χ4v) is 0.963. The number of rotatable bonds is 3.